The number of fused-ring (bicyclic) bond motifs is 1. The van der Waals surface area contributed by atoms with Gasteiger partial charge in [-0.1, -0.05) is 12.1 Å². The minimum atomic E-state index is -0.157. The van der Waals surface area contributed by atoms with Gasteiger partial charge in [-0.15, -0.1) is 11.3 Å². The van der Waals surface area contributed by atoms with Gasteiger partial charge in [0, 0.05) is 23.7 Å². The number of benzene rings is 1. The number of nitrogens with zero attached hydrogens (tertiary/aromatic N) is 3. The first kappa shape index (κ1) is 20.5. The second-order valence-electron chi connectivity index (χ2n) is 9.09. The van der Waals surface area contributed by atoms with E-state index in [1.807, 2.05) is 42.5 Å². The lowest BCUT2D eigenvalue weighted by Crippen LogP contribution is -2.40. The van der Waals surface area contributed by atoms with E-state index in [4.69, 9.17) is 4.98 Å². The number of thiophene rings is 1. The molecule has 0 atom stereocenters. The summed E-state index contributed by atoms with van der Waals surface area (Å²) < 4.78 is 2.22. The van der Waals surface area contributed by atoms with Gasteiger partial charge in [-0.05, 0) is 73.2 Å². The maximum absolute atomic E-state index is 13.2. The summed E-state index contributed by atoms with van der Waals surface area (Å²) in [7, 11) is 0. The Bertz CT molecular complexity index is 1330. The van der Waals surface area contributed by atoms with Crippen LogP contribution in [0.25, 0.3) is 21.5 Å². The number of anilines is 1. The van der Waals surface area contributed by atoms with Crippen LogP contribution < -0.4 is 10.6 Å². The molecule has 0 radical (unpaired) electrons. The molecule has 1 spiro atoms. The third-order valence-electron chi connectivity index (χ3n) is 6.95. The number of amides is 1. The lowest BCUT2D eigenvalue weighted by molar-refractivity contribution is 0.0874. The van der Waals surface area contributed by atoms with Gasteiger partial charge in [-0.25, -0.2) is 4.98 Å². The Morgan fingerprint density at radius 3 is 2.94 bits per heavy atom. The van der Waals surface area contributed by atoms with Gasteiger partial charge in [0.25, 0.3) is 5.91 Å². The minimum Gasteiger partial charge on any atom is -0.390 e. The number of carbonyl (C=O) groups is 1. The average molecular weight is 460 g/mol. The highest BCUT2D eigenvalue weighted by Crippen LogP contribution is 2.53. The summed E-state index contributed by atoms with van der Waals surface area (Å²) in [6.07, 6.45) is 5.12. The Hall–Kier alpha value is -3.07. The molecule has 8 heteroatoms. The predicted octanol–water partition coefficient (Wildman–Crippen LogP) is 4.22. The van der Waals surface area contributed by atoms with Gasteiger partial charge in [-0.2, -0.15) is 0 Å². The van der Waals surface area contributed by atoms with E-state index in [2.05, 4.69) is 26.3 Å². The molecule has 3 aromatic heterocycles. The summed E-state index contributed by atoms with van der Waals surface area (Å²) in [5, 5.41) is 15.9. The second-order valence-corrected chi connectivity index (χ2v) is 10.2. The van der Waals surface area contributed by atoms with E-state index in [0.29, 0.717) is 28.0 Å². The van der Waals surface area contributed by atoms with Crippen LogP contribution in [0.4, 0.5) is 5.95 Å². The Labute approximate surface area is 195 Å². The van der Waals surface area contributed by atoms with Gasteiger partial charge in [0.1, 0.15) is 0 Å². The molecule has 33 heavy (non-hydrogen) atoms. The number of para-hydroxylation sites is 2. The zero-order chi connectivity index (χ0) is 22.4. The molecule has 6 rings (SSSR count). The summed E-state index contributed by atoms with van der Waals surface area (Å²) in [5.41, 5.74) is 3.92. The SMILES string of the molecule is O=C(Nc1nc2ccccc2n1C1CC2(CCNC2)C1)c1ccc(-c2ccnc(CO)c2)s1. The van der Waals surface area contributed by atoms with E-state index in [9.17, 15) is 9.90 Å². The summed E-state index contributed by atoms with van der Waals surface area (Å²) in [5.74, 6) is 0.462. The predicted molar refractivity (Wildman–Crippen MR) is 129 cm³/mol. The monoisotopic (exact) mass is 459 g/mol. The molecule has 1 aromatic carbocycles. The first-order chi connectivity index (χ1) is 16.1. The van der Waals surface area contributed by atoms with Crippen molar-refractivity contribution in [2.24, 2.45) is 5.41 Å². The number of nitrogens with one attached hydrogen (secondary N) is 2. The van der Waals surface area contributed by atoms with Crippen LogP contribution in [0.2, 0.25) is 0 Å². The second kappa shape index (κ2) is 8.06. The van der Waals surface area contributed by atoms with E-state index < -0.39 is 0 Å². The number of carbonyl (C=O) groups excluding carboxylic acids is 1. The van der Waals surface area contributed by atoms with Crippen molar-refractivity contribution in [3.05, 3.63) is 65.3 Å². The van der Waals surface area contributed by atoms with Crippen molar-refractivity contribution >= 4 is 34.2 Å². The Morgan fingerprint density at radius 2 is 2.12 bits per heavy atom. The standard InChI is InChI=1S/C25H25N5O2S/c31-14-17-11-16(7-9-27-17)21-5-6-22(33-21)23(32)29-24-28-19-3-1-2-4-20(19)30(24)18-12-25(13-18)8-10-26-15-25/h1-7,9,11,18,26,31H,8,10,12-15H2,(H,28,29,32). The van der Waals surface area contributed by atoms with E-state index in [1.165, 1.54) is 17.8 Å². The number of pyridine rings is 1. The van der Waals surface area contributed by atoms with Gasteiger partial charge in [0.2, 0.25) is 5.95 Å². The molecular weight excluding hydrogens is 434 g/mol. The van der Waals surface area contributed by atoms with Crippen molar-refractivity contribution in [1.82, 2.24) is 19.9 Å². The number of hydrogen-bond acceptors (Lipinski definition) is 6. The maximum atomic E-state index is 13.2. The first-order valence-corrected chi connectivity index (χ1v) is 12.1. The van der Waals surface area contributed by atoms with Crippen molar-refractivity contribution in [3.63, 3.8) is 0 Å². The highest BCUT2D eigenvalue weighted by molar-refractivity contribution is 7.17. The molecule has 1 aliphatic heterocycles. The Balaban J connectivity index is 1.27. The molecule has 0 unspecified atom stereocenters. The molecule has 3 N–H and O–H groups in total. The fourth-order valence-corrected chi connectivity index (χ4v) is 6.16. The zero-order valence-corrected chi connectivity index (χ0v) is 18.9. The summed E-state index contributed by atoms with van der Waals surface area (Å²) in [6.45, 7) is 2.07. The number of imidazole rings is 1. The fraction of sp³-hybridized carbons (Fsp3) is 0.320. The quantitative estimate of drug-likeness (QED) is 0.416. The molecule has 2 fully saturated rings. The van der Waals surface area contributed by atoms with Crippen LogP contribution >= 0.6 is 11.3 Å². The van der Waals surface area contributed by atoms with Crippen LogP contribution in [-0.4, -0.2) is 38.6 Å². The zero-order valence-electron chi connectivity index (χ0n) is 18.1. The lowest BCUT2D eigenvalue weighted by Gasteiger charge is -2.46. The first-order valence-electron chi connectivity index (χ1n) is 11.3. The number of aliphatic hydroxyl groups is 1. The van der Waals surface area contributed by atoms with Crippen molar-refractivity contribution in [3.8, 4) is 10.4 Å². The largest absolute Gasteiger partial charge is 0.390 e. The number of aromatic nitrogens is 3. The van der Waals surface area contributed by atoms with Crippen molar-refractivity contribution in [2.45, 2.75) is 31.9 Å². The van der Waals surface area contributed by atoms with E-state index >= 15 is 0 Å². The Kier molecular flexibility index (Phi) is 5.01. The van der Waals surface area contributed by atoms with Crippen LogP contribution in [0, 0.1) is 5.41 Å². The van der Waals surface area contributed by atoms with Gasteiger partial charge in [0.05, 0.1) is 28.2 Å². The molecule has 0 bridgehead atoms. The molecule has 1 aliphatic carbocycles. The number of aliphatic hydroxyl groups excluding tert-OH is 1. The smallest absolute Gasteiger partial charge is 0.268 e. The summed E-state index contributed by atoms with van der Waals surface area (Å²) in [4.78, 5) is 23.6. The Morgan fingerprint density at radius 1 is 1.24 bits per heavy atom. The van der Waals surface area contributed by atoms with Crippen LogP contribution in [0.15, 0.2) is 54.7 Å². The minimum absolute atomic E-state index is 0.110. The van der Waals surface area contributed by atoms with Crippen LogP contribution in [0.5, 0.6) is 0 Å². The van der Waals surface area contributed by atoms with Crippen molar-refractivity contribution < 1.29 is 9.90 Å². The molecule has 4 heterocycles. The molecule has 1 amide bonds. The van der Waals surface area contributed by atoms with Crippen molar-refractivity contribution in [2.75, 3.05) is 18.4 Å². The van der Waals surface area contributed by atoms with Gasteiger partial charge < -0.3 is 15.0 Å². The molecule has 2 aliphatic rings. The highest BCUT2D eigenvalue weighted by Gasteiger charge is 2.47. The average Bonchev–Trinajstić information content (AvgIpc) is 3.56. The lowest BCUT2D eigenvalue weighted by atomic mass is 9.65. The fourth-order valence-electron chi connectivity index (χ4n) is 5.26. The molecule has 7 nitrogen and oxygen atoms in total. The van der Waals surface area contributed by atoms with E-state index in [1.54, 1.807) is 6.20 Å². The normalized spacial score (nSPS) is 22.0. The third kappa shape index (κ3) is 3.64. The maximum Gasteiger partial charge on any atom is 0.268 e. The number of rotatable bonds is 5. The molecule has 1 saturated carbocycles. The third-order valence-corrected chi connectivity index (χ3v) is 8.08. The summed E-state index contributed by atoms with van der Waals surface area (Å²) in [6, 6.07) is 15.9. The van der Waals surface area contributed by atoms with Crippen molar-refractivity contribution in [1.29, 1.82) is 0 Å². The van der Waals surface area contributed by atoms with Crippen LogP contribution in [-0.2, 0) is 6.61 Å². The molecule has 168 valence electrons. The molecule has 1 saturated heterocycles. The van der Waals surface area contributed by atoms with Gasteiger partial charge >= 0.3 is 0 Å². The van der Waals surface area contributed by atoms with E-state index in [0.717, 1.165) is 47.4 Å². The van der Waals surface area contributed by atoms with Crippen LogP contribution in [0.3, 0.4) is 0 Å². The van der Waals surface area contributed by atoms with Gasteiger partial charge in [-0.3, -0.25) is 15.1 Å². The number of hydrogen-bond donors (Lipinski definition) is 3. The van der Waals surface area contributed by atoms with E-state index in [-0.39, 0.29) is 12.5 Å². The molecular formula is C25H25N5O2S. The van der Waals surface area contributed by atoms with Gasteiger partial charge in [0.15, 0.2) is 0 Å². The summed E-state index contributed by atoms with van der Waals surface area (Å²) >= 11 is 1.42. The topological polar surface area (TPSA) is 92.1 Å². The highest BCUT2D eigenvalue weighted by atomic mass is 32.1. The molecule has 4 aromatic rings. The van der Waals surface area contributed by atoms with Crippen LogP contribution in [0.1, 0.15) is 40.7 Å².